The van der Waals surface area contributed by atoms with Gasteiger partial charge in [0.05, 0.1) is 11.1 Å². The summed E-state index contributed by atoms with van der Waals surface area (Å²) in [5.41, 5.74) is 10.9. The van der Waals surface area contributed by atoms with Crippen molar-refractivity contribution in [3.05, 3.63) is 87.2 Å². The molecular formula is C28H38Cl3N9O6S2. The van der Waals surface area contributed by atoms with E-state index in [1.165, 1.54) is 60.7 Å². The van der Waals surface area contributed by atoms with E-state index in [4.69, 9.17) is 46.3 Å². The predicted molar refractivity (Wildman–Crippen MR) is 191 cm³/mol. The highest BCUT2D eigenvalue weighted by atomic mass is 35.5. The van der Waals surface area contributed by atoms with E-state index in [-0.39, 0.29) is 67.5 Å². The summed E-state index contributed by atoms with van der Waals surface area (Å²) < 4.78 is 52.8. The van der Waals surface area contributed by atoms with E-state index in [1.54, 1.807) is 0 Å². The normalized spacial score (nSPS) is 16.1. The van der Waals surface area contributed by atoms with Gasteiger partial charge in [-0.25, -0.2) is 29.4 Å². The summed E-state index contributed by atoms with van der Waals surface area (Å²) in [6.07, 6.45) is 1.89. The van der Waals surface area contributed by atoms with Gasteiger partial charge in [-0.15, -0.1) is 0 Å². The number of halogens is 3. The van der Waals surface area contributed by atoms with Crippen LogP contribution in [0.1, 0.15) is 54.5 Å². The van der Waals surface area contributed by atoms with Crippen LogP contribution in [-0.4, -0.2) is 60.7 Å². The summed E-state index contributed by atoms with van der Waals surface area (Å²) in [5, 5.41) is -0.614. The van der Waals surface area contributed by atoms with E-state index < -0.39 is 31.9 Å². The minimum absolute atomic E-state index is 0. The van der Waals surface area contributed by atoms with E-state index in [9.17, 15) is 26.4 Å². The van der Waals surface area contributed by atoms with Gasteiger partial charge in [0.1, 0.15) is 32.9 Å². The van der Waals surface area contributed by atoms with Gasteiger partial charge >= 0.3 is 0 Å². The Labute approximate surface area is 298 Å². The number of carbonyl (C=O) groups excluding carboxylic acids is 2. The van der Waals surface area contributed by atoms with Crippen LogP contribution in [0.25, 0.3) is 0 Å². The van der Waals surface area contributed by atoms with Crippen molar-refractivity contribution in [1.82, 2.24) is 29.4 Å². The zero-order valence-corrected chi connectivity index (χ0v) is 29.0. The fraction of sp³-hybridized carbons (Fsp3) is 0.214. The Morgan fingerprint density at radius 3 is 1.60 bits per heavy atom. The molecule has 6 N–H and O–H groups in total. The van der Waals surface area contributed by atoms with Crippen molar-refractivity contribution in [1.29, 1.82) is 0 Å². The minimum atomic E-state index is -4.18. The largest absolute Gasteiger partial charge is 0.384 e. The van der Waals surface area contributed by atoms with Gasteiger partial charge in [-0.1, -0.05) is 46.9 Å². The molecule has 2 amide bonds. The van der Waals surface area contributed by atoms with Crippen molar-refractivity contribution in [3.8, 4) is 0 Å². The highest BCUT2D eigenvalue weighted by Crippen LogP contribution is 2.32. The lowest BCUT2D eigenvalue weighted by Crippen LogP contribution is -2.37. The van der Waals surface area contributed by atoms with Crippen molar-refractivity contribution < 1.29 is 33.6 Å². The molecule has 0 aliphatic carbocycles. The van der Waals surface area contributed by atoms with Crippen LogP contribution in [-0.2, 0) is 20.0 Å². The lowest BCUT2D eigenvalue weighted by molar-refractivity contribution is 0.0972. The van der Waals surface area contributed by atoms with Crippen molar-refractivity contribution in [3.63, 3.8) is 0 Å². The summed E-state index contributed by atoms with van der Waals surface area (Å²) in [7, 11) is -8.34. The number of anilines is 3. The fourth-order valence-corrected chi connectivity index (χ4v) is 7.07. The number of hydrogen-bond donors (Lipinski definition) is 4. The smallest absolute Gasteiger partial charge is 0.281 e. The van der Waals surface area contributed by atoms with E-state index in [2.05, 4.69) is 19.9 Å². The maximum atomic E-state index is 12.8. The molecule has 0 saturated carbocycles. The second kappa shape index (κ2) is 14.9. The summed E-state index contributed by atoms with van der Waals surface area (Å²) in [6, 6.07) is 14.0. The van der Waals surface area contributed by atoms with Crippen molar-refractivity contribution in [2.75, 3.05) is 16.4 Å². The molecule has 0 bridgehead atoms. The first kappa shape index (κ1) is 36.5. The molecule has 20 heteroatoms. The van der Waals surface area contributed by atoms with Crippen LogP contribution in [0.2, 0.25) is 15.5 Å². The van der Waals surface area contributed by atoms with Gasteiger partial charge in [0.15, 0.2) is 10.1 Å². The number of amides is 2. The third-order valence-electron chi connectivity index (χ3n) is 6.84. The molecular weight excluding hydrogens is 729 g/mol. The second-order valence-electron chi connectivity index (χ2n) is 10.3. The van der Waals surface area contributed by atoms with Crippen LogP contribution >= 0.6 is 34.8 Å². The molecule has 5 rings (SSSR count). The molecule has 1 aliphatic rings. The van der Waals surface area contributed by atoms with Gasteiger partial charge in [0.25, 0.3) is 31.9 Å². The molecule has 5 heterocycles. The predicted octanol–water partition coefficient (Wildman–Crippen LogP) is 4.92. The number of nitrogens with two attached hydrogens (primary N) is 2. The van der Waals surface area contributed by atoms with Gasteiger partial charge in [-0.2, -0.15) is 16.8 Å². The van der Waals surface area contributed by atoms with E-state index in [1.807, 2.05) is 28.2 Å². The van der Waals surface area contributed by atoms with Crippen LogP contribution in [0.4, 0.5) is 17.5 Å². The second-order valence-corrected chi connectivity index (χ2v) is 14.7. The first-order chi connectivity index (χ1) is 22.5. The van der Waals surface area contributed by atoms with Crippen molar-refractivity contribution in [2.45, 2.75) is 48.8 Å². The number of nitrogens with one attached hydrogen (secondary N) is 2. The molecule has 1 fully saturated rings. The molecule has 0 radical (unpaired) electrons. The Balaban J connectivity index is 0. The van der Waals surface area contributed by atoms with Crippen molar-refractivity contribution in [2.24, 2.45) is 0 Å². The summed E-state index contributed by atoms with van der Waals surface area (Å²) >= 11 is 17.4. The molecule has 48 heavy (non-hydrogen) atoms. The standard InChI is InChI=1S/C17H20ClN5O3S.C11H8Cl2N4O3S.5H2/c1-10-6-7-11(2)23(10)16-12(8-9-13(18)20-16)17(24)22-27(25,26)15-5-3-4-14(19)21-15;12-7-5-4-6(10(13)15-7)11(18)17-21(19,20)9-3-1-2-8(14)16-9;;;;;/h3-5,8-11H,6-7H2,1-2H3,(H2,19,21)(H,22,24);1-5H,(H2,14,16)(H,17,18);5*1H/t10-,11+;;;;;;. The summed E-state index contributed by atoms with van der Waals surface area (Å²) in [5.74, 6) is -1.33. The quantitative estimate of drug-likeness (QED) is 0.183. The molecule has 1 aliphatic heterocycles. The Morgan fingerprint density at radius 1 is 0.708 bits per heavy atom. The average Bonchev–Trinajstić information content (AvgIpc) is 3.34. The maximum absolute atomic E-state index is 12.8. The van der Waals surface area contributed by atoms with Crippen LogP contribution < -0.4 is 25.8 Å². The SMILES string of the molecule is C[C@@H]1CC[C@H](C)N1c1nc(Cl)ccc1C(=O)NS(=O)(=O)c1cccc(N)n1.Nc1cccc(S(=O)(=O)NC(=O)c2ccc(Cl)nc2Cl)n1.[HH].[HH].[HH].[HH].[HH]. The van der Waals surface area contributed by atoms with E-state index in [0.717, 1.165) is 12.8 Å². The van der Waals surface area contributed by atoms with Crippen LogP contribution in [0.15, 0.2) is 70.7 Å². The maximum Gasteiger partial charge on any atom is 0.281 e. The fourth-order valence-electron chi connectivity index (χ4n) is 4.61. The highest BCUT2D eigenvalue weighted by Gasteiger charge is 2.33. The zero-order chi connectivity index (χ0) is 35.4. The van der Waals surface area contributed by atoms with Crippen LogP contribution in [0.3, 0.4) is 0 Å². The Morgan fingerprint density at radius 2 is 1.15 bits per heavy atom. The molecule has 4 aromatic heterocycles. The van der Waals surface area contributed by atoms with E-state index >= 15 is 0 Å². The molecule has 0 aromatic carbocycles. The van der Waals surface area contributed by atoms with Gasteiger partial charge in [0, 0.05) is 19.2 Å². The Hall–Kier alpha value is -4.29. The van der Waals surface area contributed by atoms with E-state index in [0.29, 0.717) is 5.82 Å². The molecule has 4 aromatic rings. The Bertz CT molecular complexity index is 2100. The molecule has 2 atom stereocenters. The summed E-state index contributed by atoms with van der Waals surface area (Å²) in [4.78, 5) is 42.0. The zero-order valence-electron chi connectivity index (χ0n) is 25.1. The van der Waals surface area contributed by atoms with Crippen LogP contribution in [0, 0.1) is 0 Å². The number of hydrogen-bond acceptors (Lipinski definition) is 13. The van der Waals surface area contributed by atoms with Gasteiger partial charge < -0.3 is 16.4 Å². The lowest BCUT2D eigenvalue weighted by Gasteiger charge is -2.29. The molecule has 15 nitrogen and oxygen atoms in total. The lowest BCUT2D eigenvalue weighted by atomic mass is 10.2. The number of pyridine rings is 4. The highest BCUT2D eigenvalue weighted by molar-refractivity contribution is 7.90. The average molecular weight is 767 g/mol. The molecule has 264 valence electrons. The number of sulfonamides is 2. The first-order valence-corrected chi connectivity index (χ1v) is 17.9. The monoisotopic (exact) mass is 765 g/mol. The van der Waals surface area contributed by atoms with Gasteiger partial charge in [-0.3, -0.25) is 9.59 Å². The van der Waals surface area contributed by atoms with Gasteiger partial charge in [-0.05, 0) is 75.2 Å². The minimum Gasteiger partial charge on any atom is -0.384 e. The van der Waals surface area contributed by atoms with Crippen LogP contribution in [0.5, 0.6) is 0 Å². The number of nitrogen functional groups attached to an aromatic ring is 2. The number of nitrogens with zero attached hydrogens (tertiary/aromatic N) is 5. The summed E-state index contributed by atoms with van der Waals surface area (Å²) in [6.45, 7) is 4.06. The number of carbonyl (C=O) groups is 2. The number of rotatable bonds is 7. The first-order valence-electron chi connectivity index (χ1n) is 13.8. The molecule has 0 unspecified atom stereocenters. The third kappa shape index (κ3) is 8.78. The third-order valence-corrected chi connectivity index (χ3v) is 10.0. The molecule has 0 spiro atoms. The topological polar surface area (TPSA) is 233 Å². The van der Waals surface area contributed by atoms with Crippen molar-refractivity contribution >= 4 is 84.1 Å². The Kier molecular flexibility index (Phi) is 11.3. The number of aromatic nitrogens is 4. The molecule has 1 saturated heterocycles. The van der Waals surface area contributed by atoms with Gasteiger partial charge in [0.2, 0.25) is 0 Å².